The molecule has 0 aromatic heterocycles. The average Bonchev–Trinajstić information content (AvgIpc) is 3.24. The van der Waals surface area contributed by atoms with Gasteiger partial charge in [0.15, 0.2) is 0 Å². The summed E-state index contributed by atoms with van der Waals surface area (Å²) < 4.78 is 29.6. The summed E-state index contributed by atoms with van der Waals surface area (Å²) in [4.78, 5) is 27.2. The second-order valence-corrected chi connectivity index (χ2v) is 11.9. The Balaban J connectivity index is 1.61. The van der Waals surface area contributed by atoms with E-state index < -0.39 is 15.9 Å². The number of nitrogens with one attached hydrogen (secondary N) is 1. The number of anilines is 2. The third-order valence-corrected chi connectivity index (χ3v) is 9.24. The molecule has 0 spiro atoms. The van der Waals surface area contributed by atoms with Crippen LogP contribution in [-0.2, 0) is 26.0 Å². The summed E-state index contributed by atoms with van der Waals surface area (Å²) in [5.41, 5.74) is 2.69. The molecule has 1 fully saturated rings. The smallest absolute Gasteiger partial charge is 0.245 e. The first-order valence-corrected chi connectivity index (χ1v) is 13.9. The van der Waals surface area contributed by atoms with Crippen LogP contribution in [0, 0.1) is 12.8 Å². The van der Waals surface area contributed by atoms with Crippen molar-refractivity contribution in [2.45, 2.75) is 44.4 Å². The van der Waals surface area contributed by atoms with Crippen LogP contribution in [0.15, 0.2) is 39.7 Å². The molecule has 4 rings (SSSR count). The summed E-state index contributed by atoms with van der Waals surface area (Å²) in [5.74, 6) is -0.826. The lowest BCUT2D eigenvalue weighted by molar-refractivity contribution is -0.121. The molecular weight excluding hydrogens is 542 g/mol. The van der Waals surface area contributed by atoms with Crippen molar-refractivity contribution >= 4 is 60.7 Å². The zero-order valence-electron chi connectivity index (χ0n) is 19.1. The van der Waals surface area contributed by atoms with Crippen molar-refractivity contribution in [3.05, 3.63) is 51.0 Å². The first-order chi connectivity index (χ1) is 16.1. The molecule has 0 radical (unpaired) electrons. The first kappa shape index (κ1) is 25.2. The van der Waals surface area contributed by atoms with Crippen LogP contribution in [0.3, 0.4) is 0 Å². The first-order valence-electron chi connectivity index (χ1n) is 11.3. The van der Waals surface area contributed by atoms with Crippen molar-refractivity contribution in [2.24, 2.45) is 5.92 Å². The molecule has 182 valence electrons. The van der Waals surface area contributed by atoms with Crippen molar-refractivity contribution in [3.8, 4) is 0 Å². The summed E-state index contributed by atoms with van der Waals surface area (Å²) in [6, 6.07) is 8.73. The van der Waals surface area contributed by atoms with E-state index in [2.05, 4.69) is 21.2 Å². The van der Waals surface area contributed by atoms with Gasteiger partial charge in [0.05, 0.1) is 11.6 Å². The van der Waals surface area contributed by atoms with E-state index >= 15 is 0 Å². The molecule has 2 heterocycles. The number of hydrogen-bond acceptors (Lipinski definition) is 4. The summed E-state index contributed by atoms with van der Waals surface area (Å²) >= 11 is 9.60. The third-order valence-electron chi connectivity index (χ3n) is 6.50. The molecule has 2 aliphatic rings. The minimum absolute atomic E-state index is 0.0801. The highest BCUT2D eigenvalue weighted by molar-refractivity contribution is 9.10. The van der Waals surface area contributed by atoms with Crippen molar-refractivity contribution in [2.75, 3.05) is 29.9 Å². The fraction of sp³-hybridized carbons (Fsp3) is 0.417. The third kappa shape index (κ3) is 4.76. The number of amides is 2. The zero-order valence-corrected chi connectivity index (χ0v) is 22.3. The highest BCUT2D eigenvalue weighted by atomic mass is 79.9. The number of nitrogens with zero attached hydrogens (tertiary/aromatic N) is 2. The van der Waals surface area contributed by atoms with Crippen LogP contribution >= 0.6 is 27.5 Å². The Kier molecular flexibility index (Phi) is 7.38. The van der Waals surface area contributed by atoms with Gasteiger partial charge in [-0.15, -0.1) is 0 Å². The largest absolute Gasteiger partial charge is 0.326 e. The number of carbonyl (C=O) groups is 2. The van der Waals surface area contributed by atoms with Crippen LogP contribution in [0.5, 0.6) is 0 Å². The van der Waals surface area contributed by atoms with Crippen LogP contribution < -0.4 is 10.2 Å². The monoisotopic (exact) mass is 567 g/mol. The number of benzene rings is 2. The minimum atomic E-state index is -3.93. The Bertz CT molecular complexity index is 1250. The van der Waals surface area contributed by atoms with Gasteiger partial charge < -0.3 is 10.2 Å². The average molecular weight is 569 g/mol. The predicted octanol–water partition coefficient (Wildman–Crippen LogP) is 4.75. The summed E-state index contributed by atoms with van der Waals surface area (Å²) in [7, 11) is -3.93. The molecule has 2 aromatic carbocycles. The van der Waals surface area contributed by atoms with E-state index in [-0.39, 0.29) is 23.3 Å². The Hall–Kier alpha value is -1.94. The van der Waals surface area contributed by atoms with Gasteiger partial charge in [0, 0.05) is 41.2 Å². The number of carbonyl (C=O) groups excluding carboxylic acids is 2. The quantitative estimate of drug-likeness (QED) is 0.564. The molecule has 34 heavy (non-hydrogen) atoms. The number of rotatable bonds is 5. The standard InChI is InChI=1S/C24H27BrClN3O4S/c1-3-22(30)29-11-9-16-12-18(25)13-21(23(16)29)34(32,33)28-10-5-6-17(14-28)24(31)27-20-8-4-7-19(26)15(20)2/h4,7-8,12-13,17H,3,5-6,9-11,14H2,1-2H3,(H,27,31)/t17-/m0/s1. The lowest BCUT2D eigenvalue weighted by Crippen LogP contribution is -2.44. The van der Waals surface area contributed by atoms with E-state index in [4.69, 9.17) is 11.6 Å². The lowest BCUT2D eigenvalue weighted by Gasteiger charge is -2.32. The topological polar surface area (TPSA) is 86.8 Å². The van der Waals surface area contributed by atoms with Gasteiger partial charge in [-0.2, -0.15) is 4.31 Å². The van der Waals surface area contributed by atoms with Crippen LogP contribution in [0.1, 0.15) is 37.3 Å². The van der Waals surface area contributed by atoms with Crippen molar-refractivity contribution in [3.63, 3.8) is 0 Å². The van der Waals surface area contributed by atoms with E-state index in [1.54, 1.807) is 36.1 Å². The molecule has 7 nitrogen and oxygen atoms in total. The Morgan fingerprint density at radius 2 is 2.00 bits per heavy atom. The van der Waals surface area contributed by atoms with Crippen molar-refractivity contribution < 1.29 is 18.0 Å². The van der Waals surface area contributed by atoms with Crippen LogP contribution in [0.2, 0.25) is 5.02 Å². The van der Waals surface area contributed by atoms with Crippen LogP contribution in [-0.4, -0.2) is 44.2 Å². The second-order valence-electron chi connectivity index (χ2n) is 8.66. The van der Waals surface area contributed by atoms with Crippen LogP contribution in [0.25, 0.3) is 0 Å². The molecular formula is C24H27BrClN3O4S. The van der Waals surface area contributed by atoms with Gasteiger partial charge in [-0.1, -0.05) is 40.5 Å². The van der Waals surface area contributed by atoms with Crippen molar-refractivity contribution in [1.29, 1.82) is 0 Å². The second kappa shape index (κ2) is 9.97. The molecule has 1 atom stereocenters. The van der Waals surface area contributed by atoms with Crippen molar-refractivity contribution in [1.82, 2.24) is 4.31 Å². The van der Waals surface area contributed by atoms with E-state index in [1.165, 1.54) is 4.31 Å². The summed E-state index contributed by atoms with van der Waals surface area (Å²) in [6.45, 7) is 4.46. The number of piperidine rings is 1. The molecule has 2 amide bonds. The minimum Gasteiger partial charge on any atom is -0.326 e. The van der Waals surface area contributed by atoms with E-state index in [1.807, 2.05) is 13.0 Å². The van der Waals surface area contributed by atoms with Gasteiger partial charge in [-0.3, -0.25) is 9.59 Å². The fourth-order valence-corrected chi connectivity index (χ4v) is 7.21. The molecule has 2 aliphatic heterocycles. The molecule has 0 aliphatic carbocycles. The van der Waals surface area contributed by atoms with Gasteiger partial charge >= 0.3 is 0 Å². The SMILES string of the molecule is CCC(=O)N1CCc2cc(Br)cc(S(=O)(=O)N3CCC[C@H](C(=O)Nc4cccc(Cl)c4C)C3)c21. The molecule has 1 saturated heterocycles. The maximum atomic E-state index is 13.8. The molecule has 10 heteroatoms. The normalized spacial score (nSPS) is 18.6. The predicted molar refractivity (Wildman–Crippen MR) is 137 cm³/mol. The number of hydrogen-bond donors (Lipinski definition) is 1. The molecule has 0 saturated carbocycles. The highest BCUT2D eigenvalue weighted by Gasteiger charge is 2.38. The fourth-order valence-electron chi connectivity index (χ4n) is 4.60. The number of fused-ring (bicyclic) bond motifs is 1. The van der Waals surface area contributed by atoms with Gasteiger partial charge in [0.2, 0.25) is 21.8 Å². The van der Waals surface area contributed by atoms with Gasteiger partial charge in [-0.05, 0) is 61.6 Å². The lowest BCUT2D eigenvalue weighted by atomic mass is 9.98. The molecule has 0 unspecified atom stereocenters. The van der Waals surface area contributed by atoms with Gasteiger partial charge in [0.25, 0.3) is 0 Å². The Morgan fingerprint density at radius 3 is 2.74 bits per heavy atom. The molecule has 0 bridgehead atoms. The van der Waals surface area contributed by atoms with Crippen LogP contribution in [0.4, 0.5) is 11.4 Å². The molecule has 1 N–H and O–H groups in total. The number of halogens is 2. The maximum absolute atomic E-state index is 13.8. The Morgan fingerprint density at radius 1 is 1.24 bits per heavy atom. The van der Waals surface area contributed by atoms with E-state index in [0.717, 1.165) is 11.1 Å². The summed E-state index contributed by atoms with van der Waals surface area (Å²) in [5, 5.41) is 3.46. The van der Waals surface area contributed by atoms with E-state index in [9.17, 15) is 18.0 Å². The molecule has 2 aromatic rings. The zero-order chi connectivity index (χ0) is 24.6. The maximum Gasteiger partial charge on any atom is 0.245 e. The van der Waals surface area contributed by atoms with Gasteiger partial charge in [-0.25, -0.2) is 8.42 Å². The van der Waals surface area contributed by atoms with E-state index in [0.29, 0.717) is 59.6 Å². The number of sulfonamides is 1. The van der Waals surface area contributed by atoms with Gasteiger partial charge in [0.1, 0.15) is 4.90 Å². The Labute approximate surface area is 213 Å². The summed E-state index contributed by atoms with van der Waals surface area (Å²) in [6.07, 6.45) is 2.06. The highest BCUT2D eigenvalue weighted by Crippen LogP contribution is 2.40.